The third-order valence-electron chi connectivity index (χ3n) is 20.5. The van der Waals surface area contributed by atoms with Gasteiger partial charge in [0.25, 0.3) is 0 Å². The molecule has 0 spiro atoms. The van der Waals surface area contributed by atoms with Crippen molar-refractivity contribution in [1.82, 2.24) is 73.2 Å². The smallest absolute Gasteiger partial charge is 0.305 e. The van der Waals surface area contributed by atoms with Gasteiger partial charge in [0.1, 0.15) is 78.5 Å². The van der Waals surface area contributed by atoms with Crippen LogP contribution in [0.1, 0.15) is 130 Å². The second-order valence-corrected chi connectivity index (χ2v) is 31.1. The summed E-state index contributed by atoms with van der Waals surface area (Å²) in [5, 5.41) is 60.4. The predicted molar refractivity (Wildman–Crippen MR) is 410 cm³/mol. The summed E-state index contributed by atoms with van der Waals surface area (Å²) >= 11 is 0. The van der Waals surface area contributed by atoms with Crippen LogP contribution in [0.4, 0.5) is 0 Å². The Morgan fingerprint density at radius 1 is 0.514 bits per heavy atom. The van der Waals surface area contributed by atoms with E-state index in [4.69, 9.17) is 17.2 Å². The number of carboxylic acids is 1. The van der Waals surface area contributed by atoms with Gasteiger partial charge in [0.05, 0.1) is 25.7 Å². The molecule has 5 heterocycles. The average molecular weight is 1590 g/mol. The summed E-state index contributed by atoms with van der Waals surface area (Å²) in [6, 6.07) is -3.70. The van der Waals surface area contributed by atoms with Gasteiger partial charge in [-0.25, -0.2) is 0 Å². The van der Waals surface area contributed by atoms with E-state index in [1.165, 1.54) is 14.7 Å². The highest BCUT2D eigenvalue weighted by atomic mass is 33.1. The first kappa shape index (κ1) is 88.6. The lowest BCUT2D eigenvalue weighted by Crippen LogP contribution is -2.62. The molecule has 0 saturated carbocycles. The SMILES string of the molecule is CC[C@H](C)[C@@H]1NC(=O)[C@@H]2CCCN2C(=O)[C@@H]2CCCN2C(=O)[C@H]([C@@H](C)CC)NC(=O)[C@H](CO)NC(=O)[C@H](CCCCN)NC(=O)[C@H]([C@@H](C)O)NC(=O)[C@@H]2CSSC[C@H](NC1=O)C(=O)N[C@@H](Cc1ccc(-c3ccccc3)cc1)C(=O)N1CCC[C@H]1C(=O)N[C@@H](CC(=O)O)C(=O)NCC(=O)N[C@@H](CCCN=C(N)N)C(=O)N2. The number of carbonyl (C=O) groups excluding carboxylic acids is 14. The molecule has 111 heavy (non-hydrogen) atoms. The van der Waals surface area contributed by atoms with Gasteiger partial charge in [-0.2, -0.15) is 0 Å². The summed E-state index contributed by atoms with van der Waals surface area (Å²) in [7, 11) is 1.70. The van der Waals surface area contributed by atoms with E-state index < -0.39 is 216 Å². The zero-order valence-electron chi connectivity index (χ0n) is 63.2. The van der Waals surface area contributed by atoms with Gasteiger partial charge >= 0.3 is 5.97 Å². The number of rotatable bonds is 19. The number of hydrogen-bond acceptors (Lipinski definition) is 21. The number of nitrogens with zero attached hydrogens (tertiary/aromatic N) is 4. The number of nitrogens with one attached hydrogen (secondary N) is 11. The molecule has 2 aromatic rings. The van der Waals surface area contributed by atoms with Crippen LogP contribution < -0.4 is 75.7 Å². The zero-order valence-corrected chi connectivity index (χ0v) is 64.8. The van der Waals surface area contributed by atoms with E-state index in [0.717, 1.165) is 39.6 Å². The molecule has 20 N–H and O–H groups in total. The number of amides is 14. The second kappa shape index (κ2) is 43.2. The highest BCUT2D eigenvalue weighted by Gasteiger charge is 2.47. The Hall–Kier alpha value is -9.66. The standard InChI is InChI=1S/C73H108N18O18S2/c1-6-39(3)57-68(105)85-50-37-110-111-38-51(65(102)88-59(41(5)93)69(106)80-46(19-11-12-28-74)62(99)83-49(36-92)63(100)87-58(40(4)7-2)72(109)91-32-16-23-54(91)71(108)90-31-15-22-53(90)67(104)86-57)84-61(98)45(20-13-29-77-73(75)76)79-55(94)35-78-60(97)47(34-56(95)96)81-66(103)52-21-14-30-89(52)70(107)48(82-64(50)101)33-42-24-26-44(27-25-42)43-17-9-8-10-18-43/h8-10,17-18,24-27,39-41,45-54,57-59,92-93H,6-7,11-16,19-23,28-38,74H2,1-5H3,(H,78,97)(H,79,94)(H,80,106)(H,81,103)(H,82,101)(H,83,99)(H,84,98)(H,85,105)(H,86,104)(H,87,100)(H,88,102)(H,95,96)(H4,75,76,77)/t39-,40-,41+,45-,46-,47-,48-,49-,50-,51-,52-,53-,54-,57-,58-,59-/m0/s1. The molecule has 7 rings (SSSR count). The Kier molecular flexibility index (Phi) is 34.5. The number of aliphatic imine (C=N–C) groups is 1. The lowest BCUT2D eigenvalue weighted by atomic mass is 9.96. The van der Waals surface area contributed by atoms with Crippen molar-refractivity contribution in [3.05, 3.63) is 60.2 Å². The molecule has 14 amide bonds. The Morgan fingerprint density at radius 3 is 1.58 bits per heavy atom. The van der Waals surface area contributed by atoms with Crippen molar-refractivity contribution >= 4 is 116 Å². The number of guanidine groups is 1. The lowest BCUT2D eigenvalue weighted by Gasteiger charge is -2.35. The lowest BCUT2D eigenvalue weighted by molar-refractivity contribution is -0.149. The fraction of sp³-hybridized carbons (Fsp3) is 0.616. The van der Waals surface area contributed by atoms with Gasteiger partial charge in [0.15, 0.2) is 5.96 Å². The van der Waals surface area contributed by atoms with Gasteiger partial charge in [0, 0.05) is 44.1 Å². The summed E-state index contributed by atoms with van der Waals surface area (Å²) in [6.07, 6.45) is -1.13. The predicted octanol–water partition coefficient (Wildman–Crippen LogP) is -3.64. The fourth-order valence-electron chi connectivity index (χ4n) is 13.8. The largest absolute Gasteiger partial charge is 0.481 e. The van der Waals surface area contributed by atoms with Gasteiger partial charge in [0.2, 0.25) is 82.7 Å². The number of unbranched alkanes of at least 4 members (excludes halogenated alkanes) is 1. The molecule has 0 radical (unpaired) electrons. The van der Waals surface area contributed by atoms with E-state index >= 15 is 19.2 Å². The number of benzene rings is 2. The highest BCUT2D eigenvalue weighted by molar-refractivity contribution is 8.76. The quantitative estimate of drug-likeness (QED) is 0.0279. The number of aliphatic carboxylic acids is 1. The summed E-state index contributed by atoms with van der Waals surface area (Å²) in [4.78, 5) is 227. The van der Waals surface area contributed by atoms with Crippen LogP contribution >= 0.6 is 21.6 Å². The minimum atomic E-state index is -1.95. The molecule has 0 unspecified atom stereocenters. The van der Waals surface area contributed by atoms with Gasteiger partial charge in [-0.05, 0) is 113 Å². The van der Waals surface area contributed by atoms with Crippen molar-refractivity contribution in [1.29, 1.82) is 0 Å². The van der Waals surface area contributed by atoms with E-state index in [2.05, 4.69) is 63.5 Å². The van der Waals surface area contributed by atoms with Crippen LogP contribution in [-0.4, -0.2) is 267 Å². The van der Waals surface area contributed by atoms with Crippen molar-refractivity contribution in [3.63, 3.8) is 0 Å². The minimum Gasteiger partial charge on any atom is -0.481 e. The molecule has 38 heteroatoms. The van der Waals surface area contributed by atoms with Gasteiger partial charge in [-0.3, -0.25) is 76.9 Å². The third-order valence-corrected chi connectivity index (χ3v) is 22.9. The summed E-state index contributed by atoms with van der Waals surface area (Å²) in [5.74, 6) is -17.4. The molecule has 0 aliphatic carbocycles. The molecule has 2 bridgehead atoms. The van der Waals surface area contributed by atoms with Crippen molar-refractivity contribution < 1.29 is 87.2 Å². The molecule has 5 aliphatic heterocycles. The first-order valence-corrected chi connectivity index (χ1v) is 40.3. The zero-order chi connectivity index (χ0) is 81.2. The third kappa shape index (κ3) is 25.2. The number of fused-ring (bicyclic) bond motifs is 8. The Balaban J connectivity index is 1.36. The molecule has 5 saturated heterocycles. The summed E-state index contributed by atoms with van der Waals surface area (Å²) in [5.41, 5.74) is 19.2. The molecule has 36 nitrogen and oxygen atoms in total. The molecule has 5 fully saturated rings. The van der Waals surface area contributed by atoms with E-state index in [0.29, 0.717) is 31.2 Å². The first-order valence-electron chi connectivity index (χ1n) is 37.9. The van der Waals surface area contributed by atoms with Crippen LogP contribution in [-0.2, 0) is 78.3 Å². The number of hydrogen-bond donors (Lipinski definition) is 17. The molecule has 610 valence electrons. The van der Waals surface area contributed by atoms with Gasteiger partial charge in [-0.15, -0.1) is 0 Å². The maximum absolute atomic E-state index is 15.6. The monoisotopic (exact) mass is 1590 g/mol. The molecule has 16 atom stereocenters. The Labute approximate surface area is 651 Å². The molecule has 0 aromatic heterocycles. The van der Waals surface area contributed by atoms with Crippen molar-refractivity contribution in [2.45, 2.75) is 216 Å². The maximum Gasteiger partial charge on any atom is 0.305 e. The molecule has 5 aliphatic rings. The van der Waals surface area contributed by atoms with Crippen molar-refractivity contribution in [2.75, 3.05) is 57.4 Å². The van der Waals surface area contributed by atoms with E-state index in [-0.39, 0.29) is 103 Å². The van der Waals surface area contributed by atoms with Crippen molar-refractivity contribution in [2.24, 2.45) is 34.0 Å². The number of nitrogens with two attached hydrogens (primary N) is 3. The van der Waals surface area contributed by atoms with Crippen LogP contribution in [0, 0.1) is 11.8 Å². The van der Waals surface area contributed by atoms with Crippen LogP contribution in [0.25, 0.3) is 11.1 Å². The number of aliphatic hydroxyl groups excluding tert-OH is 2. The van der Waals surface area contributed by atoms with Gasteiger partial charge < -0.3 is 106 Å². The number of aliphatic hydroxyl groups is 2. The molecule has 2 aromatic carbocycles. The number of carboxylic acid groups (broad SMARTS) is 1. The normalized spacial score (nSPS) is 27.6. The van der Waals surface area contributed by atoms with Crippen molar-refractivity contribution in [3.8, 4) is 11.1 Å². The van der Waals surface area contributed by atoms with Crippen LogP contribution in [0.3, 0.4) is 0 Å². The van der Waals surface area contributed by atoms with E-state index in [1.54, 1.807) is 52.0 Å². The first-order chi connectivity index (χ1) is 53.0. The van der Waals surface area contributed by atoms with Crippen LogP contribution in [0.5, 0.6) is 0 Å². The van der Waals surface area contributed by atoms with E-state index in [1.807, 2.05) is 30.3 Å². The van der Waals surface area contributed by atoms with Crippen LogP contribution in [0.15, 0.2) is 59.6 Å². The Morgan fingerprint density at radius 2 is 0.991 bits per heavy atom. The average Bonchev–Trinajstić information content (AvgIpc) is 1.59. The molecular weight excluding hydrogens is 1480 g/mol. The maximum atomic E-state index is 15.6. The number of carbonyl (C=O) groups is 15. The second-order valence-electron chi connectivity index (χ2n) is 28.6. The highest BCUT2D eigenvalue weighted by Crippen LogP contribution is 2.30. The fourth-order valence-corrected chi connectivity index (χ4v) is 16.1. The van der Waals surface area contributed by atoms with E-state index in [9.17, 15) is 68.1 Å². The molecular formula is C73H108N18O18S2. The summed E-state index contributed by atoms with van der Waals surface area (Å²) < 4.78 is 0. The summed E-state index contributed by atoms with van der Waals surface area (Å²) in [6.45, 7) is 6.19. The van der Waals surface area contributed by atoms with Gasteiger partial charge in [-0.1, -0.05) is 117 Å². The van der Waals surface area contributed by atoms with Crippen LogP contribution in [0.2, 0.25) is 0 Å². The Bertz CT molecular complexity index is 3670. The minimum absolute atomic E-state index is 0.00802. The topological polar surface area (TPSA) is 549 Å².